The molecule has 0 fully saturated rings. The number of nitrogens with zero attached hydrogens (tertiary/aromatic N) is 3. The van der Waals surface area contributed by atoms with Crippen molar-refractivity contribution >= 4 is 6.09 Å². The number of amides is 1. The maximum absolute atomic E-state index is 11.9. The van der Waals surface area contributed by atoms with E-state index in [4.69, 9.17) is 10.5 Å². The molecule has 3 N–H and O–H groups in total. The predicted octanol–water partition coefficient (Wildman–Crippen LogP) is 1.09. The highest BCUT2D eigenvalue weighted by molar-refractivity contribution is 5.68. The maximum Gasteiger partial charge on any atom is 0.407 e. The third-order valence-corrected chi connectivity index (χ3v) is 3.32. The molecule has 1 rings (SSSR count). The summed E-state index contributed by atoms with van der Waals surface area (Å²) < 4.78 is 7.05. The Hall–Kier alpha value is -1.60. The summed E-state index contributed by atoms with van der Waals surface area (Å²) in [5, 5.41) is 7.01. The van der Waals surface area contributed by atoms with Gasteiger partial charge in [-0.25, -0.2) is 4.79 Å². The Kier molecular flexibility index (Phi) is 6.37. The molecule has 0 saturated heterocycles. The summed E-state index contributed by atoms with van der Waals surface area (Å²) in [4.78, 5) is 14.0. The molecule has 1 heterocycles. The van der Waals surface area contributed by atoms with Gasteiger partial charge in [0.05, 0.1) is 6.20 Å². The van der Waals surface area contributed by atoms with Crippen LogP contribution in [0.15, 0.2) is 12.4 Å². The Morgan fingerprint density at radius 1 is 1.55 bits per heavy atom. The lowest BCUT2D eigenvalue weighted by molar-refractivity contribution is 0.0476. The lowest BCUT2D eigenvalue weighted by Gasteiger charge is -2.32. The van der Waals surface area contributed by atoms with Gasteiger partial charge in [-0.2, -0.15) is 5.10 Å². The number of carbonyl (C=O) groups is 1. The van der Waals surface area contributed by atoms with Crippen molar-refractivity contribution < 1.29 is 9.53 Å². The molecule has 0 radical (unpaired) electrons. The van der Waals surface area contributed by atoms with Gasteiger partial charge in [0.1, 0.15) is 5.60 Å². The van der Waals surface area contributed by atoms with Crippen LogP contribution in [0.25, 0.3) is 0 Å². The van der Waals surface area contributed by atoms with Crippen molar-refractivity contribution in [1.82, 2.24) is 20.0 Å². The fourth-order valence-electron chi connectivity index (χ4n) is 2.31. The predicted molar refractivity (Wildman–Crippen MR) is 86.3 cm³/mol. The van der Waals surface area contributed by atoms with Gasteiger partial charge in [0.15, 0.2) is 0 Å². The van der Waals surface area contributed by atoms with Crippen LogP contribution < -0.4 is 11.1 Å². The monoisotopic (exact) mass is 311 g/mol. The highest BCUT2D eigenvalue weighted by Gasteiger charge is 2.24. The summed E-state index contributed by atoms with van der Waals surface area (Å²) >= 11 is 0. The molecule has 1 aromatic heterocycles. The Morgan fingerprint density at radius 3 is 2.64 bits per heavy atom. The van der Waals surface area contributed by atoms with Crippen molar-refractivity contribution in [2.24, 2.45) is 12.8 Å². The molecule has 22 heavy (non-hydrogen) atoms. The first-order valence-corrected chi connectivity index (χ1v) is 7.49. The Morgan fingerprint density at radius 2 is 2.18 bits per heavy atom. The summed E-state index contributed by atoms with van der Waals surface area (Å²) in [6, 6.07) is -0.116. The van der Waals surface area contributed by atoms with Crippen LogP contribution in [0.1, 0.15) is 33.3 Å². The van der Waals surface area contributed by atoms with Gasteiger partial charge in [-0.15, -0.1) is 0 Å². The zero-order valence-electron chi connectivity index (χ0n) is 14.5. The fourth-order valence-corrected chi connectivity index (χ4v) is 2.31. The van der Waals surface area contributed by atoms with Gasteiger partial charge in [-0.3, -0.25) is 9.58 Å². The number of nitrogens with two attached hydrogens (primary N) is 1. The third kappa shape index (κ3) is 6.03. The van der Waals surface area contributed by atoms with Gasteiger partial charge in [0.25, 0.3) is 0 Å². The molecule has 1 aromatic rings. The van der Waals surface area contributed by atoms with E-state index in [9.17, 15) is 4.79 Å². The molecule has 2 atom stereocenters. The number of hydrogen-bond acceptors (Lipinski definition) is 5. The number of aryl methyl sites for hydroxylation is 1. The summed E-state index contributed by atoms with van der Waals surface area (Å²) in [6.07, 6.45) is 3.37. The highest BCUT2D eigenvalue weighted by Crippen LogP contribution is 2.10. The second-order valence-electron chi connectivity index (χ2n) is 6.68. The summed E-state index contributed by atoms with van der Waals surface area (Å²) in [6.45, 7) is 8.61. The largest absolute Gasteiger partial charge is 0.444 e. The topological polar surface area (TPSA) is 85.4 Å². The molecule has 0 saturated carbocycles. The van der Waals surface area contributed by atoms with E-state index in [1.165, 1.54) is 0 Å². The first-order valence-electron chi connectivity index (χ1n) is 7.49. The normalized spacial score (nSPS) is 14.7. The van der Waals surface area contributed by atoms with Crippen molar-refractivity contribution in [2.45, 2.75) is 51.9 Å². The standard InChI is InChI=1S/C15H29N5O2/c1-11(18-14(21)22-15(2,3)4)13(7-16)19(5)9-12-8-17-20(6)10-12/h8,10-11,13H,7,9,16H2,1-6H3,(H,18,21). The number of carbonyl (C=O) groups excluding carboxylic acids is 1. The number of nitrogens with one attached hydrogen (secondary N) is 1. The molecule has 0 spiro atoms. The lowest BCUT2D eigenvalue weighted by Crippen LogP contribution is -2.53. The van der Waals surface area contributed by atoms with Crippen molar-refractivity contribution in [1.29, 1.82) is 0 Å². The van der Waals surface area contributed by atoms with E-state index in [1.807, 2.05) is 54.2 Å². The zero-order chi connectivity index (χ0) is 16.9. The van der Waals surface area contributed by atoms with Crippen LogP contribution in [0, 0.1) is 0 Å². The van der Waals surface area contributed by atoms with E-state index in [0.717, 1.165) is 12.1 Å². The maximum atomic E-state index is 11.9. The van der Waals surface area contributed by atoms with Gasteiger partial charge in [0, 0.05) is 44.0 Å². The molecule has 1 amide bonds. The van der Waals surface area contributed by atoms with E-state index in [0.29, 0.717) is 6.54 Å². The van der Waals surface area contributed by atoms with Gasteiger partial charge in [-0.05, 0) is 34.7 Å². The second kappa shape index (κ2) is 7.60. The quantitative estimate of drug-likeness (QED) is 0.821. The van der Waals surface area contributed by atoms with E-state index >= 15 is 0 Å². The molecule has 2 unspecified atom stereocenters. The van der Waals surface area contributed by atoms with Gasteiger partial charge in [-0.1, -0.05) is 0 Å². The first kappa shape index (κ1) is 18.4. The van der Waals surface area contributed by atoms with Crippen molar-refractivity contribution in [2.75, 3.05) is 13.6 Å². The fraction of sp³-hybridized carbons (Fsp3) is 0.733. The first-order chi connectivity index (χ1) is 10.1. The van der Waals surface area contributed by atoms with E-state index in [-0.39, 0.29) is 12.1 Å². The number of aromatic nitrogens is 2. The summed E-state index contributed by atoms with van der Waals surface area (Å²) in [5.41, 5.74) is 6.48. The number of rotatable bonds is 6. The molecule has 0 aliphatic rings. The van der Waals surface area contributed by atoms with Crippen LogP contribution >= 0.6 is 0 Å². The average molecular weight is 311 g/mol. The Bertz CT molecular complexity index is 481. The van der Waals surface area contributed by atoms with Gasteiger partial charge >= 0.3 is 6.09 Å². The molecule has 0 aromatic carbocycles. The minimum atomic E-state index is -0.510. The molecule has 7 nitrogen and oxygen atoms in total. The van der Waals surface area contributed by atoms with Crippen molar-refractivity contribution in [3.05, 3.63) is 18.0 Å². The minimum absolute atomic E-state index is 0.00715. The van der Waals surface area contributed by atoms with Crippen LogP contribution in [0.3, 0.4) is 0 Å². The van der Waals surface area contributed by atoms with Crippen LogP contribution in [0.2, 0.25) is 0 Å². The van der Waals surface area contributed by atoms with Crippen LogP contribution in [0.4, 0.5) is 4.79 Å². The zero-order valence-corrected chi connectivity index (χ0v) is 14.5. The van der Waals surface area contributed by atoms with Gasteiger partial charge < -0.3 is 15.8 Å². The number of likely N-dealkylation sites (N-methyl/N-ethyl adjacent to an activating group) is 1. The summed E-state index contributed by atoms with van der Waals surface area (Å²) in [7, 11) is 3.87. The van der Waals surface area contributed by atoms with E-state index < -0.39 is 11.7 Å². The highest BCUT2D eigenvalue weighted by atomic mass is 16.6. The SMILES string of the molecule is CC(NC(=O)OC(C)(C)C)C(CN)N(C)Cc1cnn(C)c1. The Labute approximate surface area is 132 Å². The minimum Gasteiger partial charge on any atom is -0.444 e. The van der Waals surface area contributed by atoms with E-state index in [1.54, 1.807) is 4.68 Å². The molecule has 126 valence electrons. The number of ether oxygens (including phenoxy) is 1. The molecule has 7 heteroatoms. The molecule has 0 aliphatic heterocycles. The van der Waals surface area contributed by atoms with Crippen LogP contribution in [-0.2, 0) is 18.3 Å². The summed E-state index contributed by atoms with van der Waals surface area (Å²) in [5.74, 6) is 0. The van der Waals surface area contributed by atoms with Crippen molar-refractivity contribution in [3.8, 4) is 0 Å². The smallest absolute Gasteiger partial charge is 0.407 e. The van der Waals surface area contributed by atoms with Crippen LogP contribution in [-0.4, -0.2) is 52.1 Å². The molecular weight excluding hydrogens is 282 g/mol. The molecular formula is C15H29N5O2. The van der Waals surface area contributed by atoms with Gasteiger partial charge in [0.2, 0.25) is 0 Å². The van der Waals surface area contributed by atoms with E-state index in [2.05, 4.69) is 15.3 Å². The molecule has 0 aliphatic carbocycles. The van der Waals surface area contributed by atoms with Crippen molar-refractivity contribution in [3.63, 3.8) is 0 Å². The Balaban J connectivity index is 2.59. The molecule has 0 bridgehead atoms. The van der Waals surface area contributed by atoms with Crippen LogP contribution in [0.5, 0.6) is 0 Å². The number of hydrogen-bond donors (Lipinski definition) is 2. The number of alkyl carbamates (subject to hydrolysis) is 1. The average Bonchev–Trinajstić information content (AvgIpc) is 2.72. The lowest BCUT2D eigenvalue weighted by atomic mass is 10.1. The third-order valence-electron chi connectivity index (χ3n) is 3.32. The second-order valence-corrected chi connectivity index (χ2v) is 6.68.